The second-order valence-electron chi connectivity index (χ2n) is 8.79. The maximum atomic E-state index is 12.5. The molecule has 2 aliphatic rings. The molecule has 0 spiro atoms. The summed E-state index contributed by atoms with van der Waals surface area (Å²) in [5.41, 5.74) is 1.41. The van der Waals surface area contributed by atoms with Gasteiger partial charge >= 0.3 is 23.9 Å². The number of aromatic carboxylic acids is 4. The Bertz CT molecular complexity index is 1850. The predicted molar refractivity (Wildman–Crippen MR) is 138 cm³/mol. The van der Waals surface area contributed by atoms with Crippen LogP contribution in [0.15, 0.2) is 72.8 Å². The molecule has 0 fully saturated rings. The van der Waals surface area contributed by atoms with E-state index in [2.05, 4.69) is 0 Å². The summed E-state index contributed by atoms with van der Waals surface area (Å²) in [4.78, 5) is 69.9. The largest absolute Gasteiger partial charge is 0.478 e. The molecule has 0 saturated heterocycles. The molecule has 0 aromatic heterocycles. The van der Waals surface area contributed by atoms with Gasteiger partial charge in [0.25, 0.3) is 0 Å². The highest BCUT2D eigenvalue weighted by atomic mass is 16.4. The number of hydrogen-bond donors (Lipinski definition) is 4. The Balaban J connectivity index is 0.000000164. The Morgan fingerprint density at radius 1 is 0.400 bits per heavy atom. The van der Waals surface area contributed by atoms with Crippen LogP contribution in [0.4, 0.5) is 0 Å². The van der Waals surface area contributed by atoms with Crippen LogP contribution in [0.1, 0.15) is 73.3 Å². The second-order valence-corrected chi connectivity index (χ2v) is 8.79. The quantitative estimate of drug-likeness (QED) is 0.248. The van der Waals surface area contributed by atoms with E-state index in [4.69, 9.17) is 10.2 Å². The molecule has 10 heteroatoms. The Labute approximate surface area is 224 Å². The van der Waals surface area contributed by atoms with E-state index < -0.39 is 46.6 Å². The van der Waals surface area contributed by atoms with E-state index in [1.165, 1.54) is 24.3 Å². The van der Waals surface area contributed by atoms with Crippen LogP contribution < -0.4 is 0 Å². The molecule has 0 bridgehead atoms. The lowest BCUT2D eigenvalue weighted by molar-refractivity contribution is 0.0649. The minimum atomic E-state index is -1.56. The number of carboxylic acid groups (broad SMARTS) is 4. The molecule has 0 amide bonds. The molecule has 10 nitrogen and oxygen atoms in total. The van der Waals surface area contributed by atoms with E-state index in [1.54, 1.807) is 30.3 Å². The van der Waals surface area contributed by atoms with Gasteiger partial charge in [0.2, 0.25) is 0 Å². The van der Waals surface area contributed by atoms with E-state index in [-0.39, 0.29) is 33.4 Å². The SMILES string of the molecule is O=C(O)c1ccc2c(c1C(=O)O)-c1ccccc1-2.O=C(O)c1ccc2c(c1C(=O)O)C(=O)c1ccccc1C2=O. The molecule has 0 atom stereocenters. The molecule has 0 saturated carbocycles. The van der Waals surface area contributed by atoms with Crippen molar-refractivity contribution in [3.05, 3.63) is 117 Å². The van der Waals surface area contributed by atoms with Crippen LogP contribution in [-0.4, -0.2) is 55.9 Å². The van der Waals surface area contributed by atoms with Gasteiger partial charge < -0.3 is 20.4 Å². The number of rotatable bonds is 4. The average Bonchev–Trinajstić information content (AvgIpc) is 2.93. The topological polar surface area (TPSA) is 183 Å². The van der Waals surface area contributed by atoms with Crippen molar-refractivity contribution in [2.45, 2.75) is 0 Å². The summed E-state index contributed by atoms with van der Waals surface area (Å²) in [6.07, 6.45) is 0. The number of benzene rings is 4. The summed E-state index contributed by atoms with van der Waals surface area (Å²) < 4.78 is 0. The Morgan fingerprint density at radius 3 is 1.32 bits per heavy atom. The summed E-state index contributed by atoms with van der Waals surface area (Å²) in [5, 5.41) is 36.7. The van der Waals surface area contributed by atoms with Gasteiger partial charge in [0.1, 0.15) is 0 Å². The smallest absolute Gasteiger partial charge is 0.337 e. The number of hydrogen-bond acceptors (Lipinski definition) is 6. The van der Waals surface area contributed by atoms with Crippen molar-refractivity contribution in [2.75, 3.05) is 0 Å². The van der Waals surface area contributed by atoms with Gasteiger partial charge in [-0.3, -0.25) is 9.59 Å². The van der Waals surface area contributed by atoms with Crippen molar-refractivity contribution in [1.29, 1.82) is 0 Å². The monoisotopic (exact) mass is 536 g/mol. The lowest BCUT2D eigenvalue weighted by Gasteiger charge is -2.26. The zero-order valence-electron chi connectivity index (χ0n) is 20.2. The first-order valence-electron chi connectivity index (χ1n) is 11.6. The van der Waals surface area contributed by atoms with Gasteiger partial charge in [-0.05, 0) is 34.9 Å². The van der Waals surface area contributed by atoms with Gasteiger partial charge in [-0.25, -0.2) is 19.2 Å². The fourth-order valence-corrected chi connectivity index (χ4v) is 4.97. The maximum Gasteiger partial charge on any atom is 0.337 e. The van der Waals surface area contributed by atoms with Crippen LogP contribution in [0.2, 0.25) is 0 Å². The molecule has 0 heterocycles. The Hall–Kier alpha value is -5.90. The molecular weight excluding hydrogens is 520 g/mol. The van der Waals surface area contributed by atoms with Crippen molar-refractivity contribution in [3.8, 4) is 22.3 Å². The van der Waals surface area contributed by atoms with E-state index >= 15 is 0 Å². The van der Waals surface area contributed by atoms with Crippen LogP contribution in [0.25, 0.3) is 22.3 Å². The van der Waals surface area contributed by atoms with Crippen LogP contribution >= 0.6 is 0 Å². The van der Waals surface area contributed by atoms with Gasteiger partial charge in [0.15, 0.2) is 11.6 Å². The van der Waals surface area contributed by atoms with Gasteiger partial charge in [-0.15, -0.1) is 0 Å². The first kappa shape index (κ1) is 25.7. The summed E-state index contributed by atoms with van der Waals surface area (Å²) in [6.45, 7) is 0. The van der Waals surface area contributed by atoms with Gasteiger partial charge in [-0.2, -0.15) is 0 Å². The number of fused-ring (bicyclic) bond motifs is 6. The predicted octanol–water partition coefficient (Wildman–Crippen LogP) is 4.59. The third kappa shape index (κ3) is 3.82. The van der Waals surface area contributed by atoms with Crippen molar-refractivity contribution in [1.82, 2.24) is 0 Å². The second kappa shape index (κ2) is 9.44. The highest BCUT2D eigenvalue weighted by molar-refractivity contribution is 6.31. The number of carbonyl (C=O) groups excluding carboxylic acids is 2. The number of carbonyl (C=O) groups is 6. The molecule has 6 rings (SSSR count). The summed E-state index contributed by atoms with van der Waals surface area (Å²) >= 11 is 0. The first-order valence-corrected chi connectivity index (χ1v) is 11.6. The molecule has 0 radical (unpaired) electrons. The van der Waals surface area contributed by atoms with E-state index in [0.29, 0.717) is 5.56 Å². The molecule has 0 aliphatic heterocycles. The van der Waals surface area contributed by atoms with Crippen molar-refractivity contribution in [2.24, 2.45) is 0 Å². The van der Waals surface area contributed by atoms with Crippen molar-refractivity contribution >= 4 is 35.4 Å². The molecule has 40 heavy (non-hydrogen) atoms. The minimum Gasteiger partial charge on any atom is -0.478 e. The highest BCUT2D eigenvalue weighted by Crippen LogP contribution is 2.49. The molecule has 4 N–H and O–H groups in total. The molecular formula is C30H16O10. The third-order valence-electron chi connectivity index (χ3n) is 6.67. The first-order chi connectivity index (χ1) is 19.0. The Morgan fingerprint density at radius 2 is 0.825 bits per heavy atom. The average molecular weight is 536 g/mol. The fourth-order valence-electron chi connectivity index (χ4n) is 4.97. The number of carboxylic acids is 4. The van der Waals surface area contributed by atoms with Crippen LogP contribution in [0.5, 0.6) is 0 Å². The third-order valence-corrected chi connectivity index (χ3v) is 6.67. The van der Waals surface area contributed by atoms with Crippen LogP contribution in [-0.2, 0) is 0 Å². The van der Waals surface area contributed by atoms with E-state index in [0.717, 1.165) is 22.8 Å². The van der Waals surface area contributed by atoms with E-state index in [9.17, 15) is 39.0 Å². The van der Waals surface area contributed by atoms with Gasteiger partial charge in [0, 0.05) is 27.8 Å². The maximum absolute atomic E-state index is 12.5. The molecule has 2 aliphatic carbocycles. The molecule has 196 valence electrons. The van der Waals surface area contributed by atoms with Crippen LogP contribution in [0.3, 0.4) is 0 Å². The minimum absolute atomic E-state index is 0.0741. The lowest BCUT2D eigenvalue weighted by Crippen LogP contribution is -2.25. The van der Waals surface area contributed by atoms with Gasteiger partial charge in [-0.1, -0.05) is 54.6 Å². The molecule has 4 aromatic carbocycles. The highest BCUT2D eigenvalue weighted by Gasteiger charge is 2.36. The zero-order chi connectivity index (χ0) is 28.9. The van der Waals surface area contributed by atoms with Crippen LogP contribution in [0, 0.1) is 0 Å². The normalized spacial score (nSPS) is 11.9. The van der Waals surface area contributed by atoms with E-state index in [1.807, 2.05) is 12.1 Å². The van der Waals surface area contributed by atoms with Gasteiger partial charge in [0.05, 0.1) is 22.3 Å². The summed E-state index contributed by atoms with van der Waals surface area (Å²) in [7, 11) is 0. The standard InChI is InChI=1S/C16H8O6.C14H8O4/c17-13-7-3-1-2-4-8(7)14(18)11-9(13)5-6-10(15(19)20)12(11)16(21)22;15-13(16)10-6-5-9-7-3-1-2-4-8(7)11(9)12(10)14(17)18/h1-6H,(H,19,20)(H,21,22);1-6H,(H,15,16)(H,17,18). The summed E-state index contributed by atoms with van der Waals surface area (Å²) in [5.74, 6) is -6.62. The van der Waals surface area contributed by atoms with Crippen molar-refractivity contribution < 1.29 is 49.2 Å². The number of ketones is 2. The lowest BCUT2D eigenvalue weighted by atomic mass is 9.76. The molecule has 0 unspecified atom stereocenters. The zero-order valence-corrected chi connectivity index (χ0v) is 20.2. The molecule has 4 aromatic rings. The summed E-state index contributed by atoms with van der Waals surface area (Å²) in [6, 6.07) is 18.6. The fraction of sp³-hybridized carbons (Fsp3) is 0. The Kier molecular flexibility index (Phi) is 6.08. The van der Waals surface area contributed by atoms with Crippen molar-refractivity contribution in [3.63, 3.8) is 0 Å².